The Morgan fingerprint density at radius 2 is 1.36 bits per heavy atom. The molecule has 0 saturated heterocycles. The summed E-state index contributed by atoms with van der Waals surface area (Å²) >= 11 is 1.62. The molecule has 0 aromatic carbocycles. The summed E-state index contributed by atoms with van der Waals surface area (Å²) in [6, 6.07) is 0. The fourth-order valence-corrected chi connectivity index (χ4v) is 2.27. The van der Waals surface area contributed by atoms with E-state index in [4.69, 9.17) is 10.2 Å². The van der Waals surface area contributed by atoms with E-state index in [-0.39, 0.29) is 13.2 Å². The first-order chi connectivity index (χ1) is 5.20. The zero-order chi connectivity index (χ0) is 8.43. The van der Waals surface area contributed by atoms with Gasteiger partial charge in [-0.05, 0) is 25.0 Å². The summed E-state index contributed by atoms with van der Waals surface area (Å²) in [5.41, 5.74) is 1.80. The highest BCUT2D eigenvalue weighted by Gasteiger charge is 2.10. The third kappa shape index (κ3) is 1.45. The quantitative estimate of drug-likeness (QED) is 0.707. The lowest BCUT2D eigenvalue weighted by Crippen LogP contribution is -1.91. The van der Waals surface area contributed by atoms with Crippen LogP contribution < -0.4 is 0 Å². The zero-order valence-corrected chi connectivity index (χ0v) is 7.53. The molecular formula is C8H12O2S. The molecule has 0 saturated carbocycles. The van der Waals surface area contributed by atoms with E-state index in [1.807, 2.05) is 13.8 Å². The molecule has 1 rings (SSSR count). The molecule has 1 aromatic heterocycles. The summed E-state index contributed by atoms with van der Waals surface area (Å²) in [5, 5.41) is 17.9. The van der Waals surface area contributed by atoms with Crippen LogP contribution >= 0.6 is 11.3 Å². The first kappa shape index (κ1) is 8.71. The number of hydrogen-bond donors (Lipinski definition) is 2. The number of hydrogen-bond acceptors (Lipinski definition) is 3. The van der Waals surface area contributed by atoms with E-state index in [1.54, 1.807) is 11.3 Å². The number of aliphatic hydroxyl groups is 2. The molecule has 0 aliphatic carbocycles. The number of thiophene rings is 1. The fourth-order valence-electron chi connectivity index (χ4n) is 1.19. The average molecular weight is 172 g/mol. The lowest BCUT2D eigenvalue weighted by molar-refractivity contribution is 0.260. The van der Waals surface area contributed by atoms with E-state index in [1.165, 1.54) is 0 Å². The molecule has 0 radical (unpaired) electrons. The van der Waals surface area contributed by atoms with Crippen molar-refractivity contribution in [2.24, 2.45) is 0 Å². The molecule has 3 heteroatoms. The second-order valence-electron chi connectivity index (χ2n) is 2.49. The minimum Gasteiger partial charge on any atom is -0.392 e. The van der Waals surface area contributed by atoms with E-state index >= 15 is 0 Å². The lowest BCUT2D eigenvalue weighted by atomic mass is 10.1. The largest absolute Gasteiger partial charge is 0.392 e. The Morgan fingerprint density at radius 1 is 1.00 bits per heavy atom. The number of rotatable bonds is 2. The van der Waals surface area contributed by atoms with Crippen molar-refractivity contribution in [1.29, 1.82) is 0 Å². The van der Waals surface area contributed by atoms with Gasteiger partial charge in [0.1, 0.15) is 0 Å². The molecule has 0 amide bonds. The summed E-state index contributed by atoms with van der Waals surface area (Å²) < 4.78 is 0. The molecule has 0 aliphatic heterocycles. The average Bonchev–Trinajstić information content (AvgIpc) is 2.24. The first-order valence-electron chi connectivity index (χ1n) is 3.50. The summed E-state index contributed by atoms with van der Waals surface area (Å²) in [6.45, 7) is 3.99. The van der Waals surface area contributed by atoms with Gasteiger partial charge in [-0.2, -0.15) is 0 Å². The molecule has 0 spiro atoms. The van der Waals surface area contributed by atoms with Crippen LogP contribution in [0.5, 0.6) is 0 Å². The van der Waals surface area contributed by atoms with Crippen molar-refractivity contribution in [3.05, 3.63) is 20.9 Å². The van der Waals surface area contributed by atoms with Crippen molar-refractivity contribution in [1.82, 2.24) is 0 Å². The summed E-state index contributed by atoms with van der Waals surface area (Å²) in [6.07, 6.45) is 0. The Bertz CT molecular complexity index is 228. The molecule has 1 aromatic rings. The van der Waals surface area contributed by atoms with Crippen molar-refractivity contribution in [2.75, 3.05) is 0 Å². The predicted octanol–water partition coefficient (Wildman–Crippen LogP) is 1.35. The molecule has 0 unspecified atom stereocenters. The molecule has 1 heterocycles. The maximum absolute atomic E-state index is 8.94. The highest BCUT2D eigenvalue weighted by atomic mass is 32.1. The highest BCUT2D eigenvalue weighted by Crippen LogP contribution is 2.27. The van der Waals surface area contributed by atoms with Gasteiger partial charge in [0.05, 0.1) is 13.2 Å². The van der Waals surface area contributed by atoms with Crippen LogP contribution in [0.4, 0.5) is 0 Å². The van der Waals surface area contributed by atoms with Gasteiger partial charge < -0.3 is 10.2 Å². The van der Waals surface area contributed by atoms with Crippen LogP contribution in [0.1, 0.15) is 20.9 Å². The van der Waals surface area contributed by atoms with Crippen molar-refractivity contribution < 1.29 is 10.2 Å². The Morgan fingerprint density at radius 3 is 1.64 bits per heavy atom. The van der Waals surface area contributed by atoms with Gasteiger partial charge >= 0.3 is 0 Å². The number of aliphatic hydroxyl groups excluding tert-OH is 2. The van der Waals surface area contributed by atoms with Gasteiger partial charge in [-0.3, -0.25) is 0 Å². The summed E-state index contributed by atoms with van der Waals surface area (Å²) in [4.78, 5) is 2.21. The van der Waals surface area contributed by atoms with E-state index in [0.29, 0.717) is 0 Å². The molecule has 2 N–H and O–H groups in total. The van der Waals surface area contributed by atoms with Crippen molar-refractivity contribution >= 4 is 11.3 Å². The Balaban J connectivity index is 3.17. The van der Waals surface area contributed by atoms with Crippen molar-refractivity contribution in [2.45, 2.75) is 27.1 Å². The van der Waals surface area contributed by atoms with Crippen LogP contribution in [0, 0.1) is 13.8 Å². The molecule has 0 bridgehead atoms. The van der Waals surface area contributed by atoms with Gasteiger partial charge in [-0.15, -0.1) is 11.3 Å². The van der Waals surface area contributed by atoms with Gasteiger partial charge in [0.2, 0.25) is 0 Å². The Hall–Kier alpha value is -0.380. The van der Waals surface area contributed by atoms with E-state index in [0.717, 1.165) is 20.9 Å². The van der Waals surface area contributed by atoms with E-state index in [2.05, 4.69) is 0 Å². The van der Waals surface area contributed by atoms with Gasteiger partial charge in [-0.25, -0.2) is 0 Å². The smallest absolute Gasteiger partial charge is 0.0696 e. The second-order valence-corrected chi connectivity index (χ2v) is 3.92. The van der Waals surface area contributed by atoms with Gasteiger partial charge in [0.15, 0.2) is 0 Å². The van der Waals surface area contributed by atoms with Crippen LogP contribution in [0.15, 0.2) is 0 Å². The first-order valence-corrected chi connectivity index (χ1v) is 4.31. The van der Waals surface area contributed by atoms with Gasteiger partial charge in [-0.1, -0.05) is 0 Å². The predicted molar refractivity (Wildman–Crippen MR) is 45.6 cm³/mol. The van der Waals surface area contributed by atoms with Crippen molar-refractivity contribution in [3.63, 3.8) is 0 Å². The van der Waals surface area contributed by atoms with Crippen LogP contribution in [0.2, 0.25) is 0 Å². The Kier molecular flexibility index (Phi) is 2.65. The molecule has 2 nitrogen and oxygen atoms in total. The molecule has 0 aliphatic rings. The third-order valence-electron chi connectivity index (χ3n) is 1.84. The molecule has 0 atom stereocenters. The van der Waals surface area contributed by atoms with Crippen LogP contribution in [-0.2, 0) is 13.2 Å². The monoisotopic (exact) mass is 172 g/mol. The van der Waals surface area contributed by atoms with E-state index < -0.39 is 0 Å². The van der Waals surface area contributed by atoms with E-state index in [9.17, 15) is 0 Å². The Labute approximate surface area is 70.1 Å². The topological polar surface area (TPSA) is 40.5 Å². The zero-order valence-electron chi connectivity index (χ0n) is 6.72. The normalized spacial score (nSPS) is 10.5. The van der Waals surface area contributed by atoms with Crippen LogP contribution in [0.3, 0.4) is 0 Å². The lowest BCUT2D eigenvalue weighted by Gasteiger charge is -1.98. The van der Waals surface area contributed by atoms with Crippen LogP contribution in [0.25, 0.3) is 0 Å². The molecular weight excluding hydrogens is 160 g/mol. The van der Waals surface area contributed by atoms with Gasteiger partial charge in [0.25, 0.3) is 0 Å². The summed E-state index contributed by atoms with van der Waals surface area (Å²) in [7, 11) is 0. The molecule has 0 fully saturated rings. The maximum atomic E-state index is 8.94. The molecule has 11 heavy (non-hydrogen) atoms. The number of aryl methyl sites for hydroxylation is 2. The minimum absolute atomic E-state index is 0.0338. The molecule has 62 valence electrons. The standard InChI is InChI=1S/C8H12O2S/c1-5-7(3-9)8(4-10)6(2)11-5/h9-10H,3-4H2,1-2H3. The highest BCUT2D eigenvalue weighted by molar-refractivity contribution is 7.12. The maximum Gasteiger partial charge on any atom is 0.0696 e. The van der Waals surface area contributed by atoms with Crippen molar-refractivity contribution in [3.8, 4) is 0 Å². The summed E-state index contributed by atoms with van der Waals surface area (Å²) in [5.74, 6) is 0. The second kappa shape index (κ2) is 3.34. The SMILES string of the molecule is Cc1sc(C)c(CO)c1CO. The van der Waals surface area contributed by atoms with Gasteiger partial charge in [0, 0.05) is 9.75 Å². The van der Waals surface area contributed by atoms with Crippen LogP contribution in [-0.4, -0.2) is 10.2 Å². The minimum atomic E-state index is 0.0338. The third-order valence-corrected chi connectivity index (χ3v) is 2.94. The fraction of sp³-hybridized carbons (Fsp3) is 0.500.